The van der Waals surface area contributed by atoms with Crippen LogP contribution in [-0.2, 0) is 61.6 Å². The molecular formula is C27H56O14. The van der Waals surface area contributed by atoms with Gasteiger partial charge in [0.2, 0.25) is 0 Å². The average Bonchev–Trinajstić information content (AvgIpc) is 2.98. The van der Waals surface area contributed by atoms with Gasteiger partial charge in [0, 0.05) is 7.11 Å². The second-order valence-electron chi connectivity index (χ2n) is 8.06. The van der Waals surface area contributed by atoms with Crippen molar-refractivity contribution in [2.45, 2.75) is 0 Å². The minimum absolute atomic E-state index is 0.0256. The normalized spacial score (nSPS) is 11.6. The molecule has 0 aliphatic carbocycles. The van der Waals surface area contributed by atoms with E-state index in [1.54, 1.807) is 7.11 Å². The molecule has 0 amide bonds. The Morgan fingerprint density at radius 1 is 0.244 bits per heavy atom. The van der Waals surface area contributed by atoms with Gasteiger partial charge >= 0.3 is 0 Å². The Morgan fingerprint density at radius 2 is 0.390 bits per heavy atom. The number of aliphatic hydroxyl groups excluding tert-OH is 1. The summed E-state index contributed by atoms with van der Waals surface area (Å²) in [5.41, 5.74) is 0. The maximum absolute atomic E-state index is 8.57. The Labute approximate surface area is 245 Å². The fourth-order valence-electron chi connectivity index (χ4n) is 2.73. The van der Waals surface area contributed by atoms with Gasteiger partial charge in [-0.05, 0) is 0 Å². The van der Waals surface area contributed by atoms with Crippen LogP contribution in [0.15, 0.2) is 0 Å². The summed E-state index contributed by atoms with van der Waals surface area (Å²) in [5.74, 6) is 0. The number of ether oxygens (including phenoxy) is 13. The first-order chi connectivity index (χ1) is 20.4. The smallest absolute Gasteiger partial charge is 0.0701 e. The highest BCUT2D eigenvalue weighted by Crippen LogP contribution is 1.87. The van der Waals surface area contributed by atoms with Crippen molar-refractivity contribution in [3.05, 3.63) is 0 Å². The number of aliphatic hydroxyl groups is 1. The molecule has 0 aliphatic rings. The first kappa shape index (κ1) is 40.4. The zero-order valence-electron chi connectivity index (χ0n) is 25.1. The van der Waals surface area contributed by atoms with E-state index in [4.69, 9.17) is 66.7 Å². The van der Waals surface area contributed by atoms with Crippen molar-refractivity contribution in [1.29, 1.82) is 0 Å². The highest BCUT2D eigenvalue weighted by atomic mass is 16.6. The SMILES string of the molecule is COCCOCCOCCOCCOCCOCCOCCOCCOCCOCCOCCOCCOCCO. The average molecular weight is 605 g/mol. The van der Waals surface area contributed by atoms with E-state index in [0.29, 0.717) is 165 Å². The van der Waals surface area contributed by atoms with Crippen LogP contribution in [0.3, 0.4) is 0 Å². The zero-order chi connectivity index (χ0) is 29.6. The lowest BCUT2D eigenvalue weighted by Gasteiger charge is -2.09. The topological polar surface area (TPSA) is 140 Å². The molecule has 248 valence electrons. The molecule has 0 aromatic carbocycles. The molecule has 14 heteroatoms. The second kappa shape index (κ2) is 39.4. The molecule has 0 bridgehead atoms. The Kier molecular flexibility index (Phi) is 38.9. The summed E-state index contributed by atoms with van der Waals surface area (Å²) in [7, 11) is 1.64. The molecule has 14 nitrogen and oxygen atoms in total. The van der Waals surface area contributed by atoms with Gasteiger partial charge in [-0.15, -0.1) is 0 Å². The first-order valence-corrected chi connectivity index (χ1v) is 14.4. The Hall–Kier alpha value is -0.560. The second-order valence-corrected chi connectivity index (χ2v) is 8.06. The van der Waals surface area contributed by atoms with Gasteiger partial charge in [0.25, 0.3) is 0 Å². The minimum atomic E-state index is 0.0256. The predicted octanol–water partition coefficient (Wildman–Crippen LogP) is -0.176. The molecule has 0 heterocycles. The van der Waals surface area contributed by atoms with Crippen molar-refractivity contribution < 1.29 is 66.7 Å². The van der Waals surface area contributed by atoms with Crippen LogP contribution in [0, 0.1) is 0 Å². The van der Waals surface area contributed by atoms with E-state index in [-0.39, 0.29) is 6.61 Å². The molecular weight excluding hydrogens is 548 g/mol. The number of hydrogen-bond acceptors (Lipinski definition) is 14. The van der Waals surface area contributed by atoms with E-state index < -0.39 is 0 Å². The van der Waals surface area contributed by atoms with E-state index in [0.717, 1.165) is 0 Å². The number of hydrogen-bond donors (Lipinski definition) is 1. The lowest BCUT2D eigenvalue weighted by atomic mass is 10.6. The van der Waals surface area contributed by atoms with E-state index in [1.807, 2.05) is 0 Å². The van der Waals surface area contributed by atoms with Crippen molar-refractivity contribution >= 4 is 0 Å². The zero-order valence-corrected chi connectivity index (χ0v) is 25.1. The standard InChI is InChI=1S/C27H56O14/c1-29-4-5-31-8-9-33-12-13-35-16-17-37-20-21-39-24-25-41-27-26-40-23-22-38-19-18-36-15-14-34-11-10-32-7-6-30-3-2-28/h28H,2-27H2,1H3. The van der Waals surface area contributed by atoms with Crippen molar-refractivity contribution in [3.63, 3.8) is 0 Å². The molecule has 0 aromatic rings. The molecule has 0 fully saturated rings. The third kappa shape index (κ3) is 39.4. The highest BCUT2D eigenvalue weighted by molar-refractivity contribution is 4.39. The van der Waals surface area contributed by atoms with Crippen LogP contribution >= 0.6 is 0 Å². The van der Waals surface area contributed by atoms with Crippen LogP contribution in [0.5, 0.6) is 0 Å². The Morgan fingerprint density at radius 3 is 0.537 bits per heavy atom. The van der Waals surface area contributed by atoms with Gasteiger partial charge in [-0.25, -0.2) is 0 Å². The summed E-state index contributed by atoms with van der Waals surface area (Å²) in [4.78, 5) is 0. The Balaban J connectivity index is 3.02. The summed E-state index contributed by atoms with van der Waals surface area (Å²) in [6, 6.07) is 0. The highest BCUT2D eigenvalue weighted by Gasteiger charge is 1.96. The first-order valence-electron chi connectivity index (χ1n) is 14.4. The number of rotatable bonds is 38. The van der Waals surface area contributed by atoms with Crippen molar-refractivity contribution in [2.75, 3.05) is 179 Å². The predicted molar refractivity (Wildman–Crippen MR) is 149 cm³/mol. The van der Waals surface area contributed by atoms with Gasteiger partial charge in [0.05, 0.1) is 172 Å². The summed E-state index contributed by atoms with van der Waals surface area (Å²) in [5, 5.41) is 8.57. The third-order valence-corrected chi connectivity index (χ3v) is 4.76. The van der Waals surface area contributed by atoms with Crippen LogP contribution in [0.4, 0.5) is 0 Å². The molecule has 0 unspecified atom stereocenters. The summed E-state index contributed by atoms with van der Waals surface area (Å²) < 4.78 is 69.5. The summed E-state index contributed by atoms with van der Waals surface area (Å²) in [6.45, 7) is 12.8. The van der Waals surface area contributed by atoms with Gasteiger partial charge in [-0.1, -0.05) is 0 Å². The molecule has 0 rings (SSSR count). The van der Waals surface area contributed by atoms with E-state index in [2.05, 4.69) is 0 Å². The largest absolute Gasteiger partial charge is 0.394 e. The maximum atomic E-state index is 8.57. The fraction of sp³-hybridized carbons (Fsp3) is 1.00. The minimum Gasteiger partial charge on any atom is -0.394 e. The summed E-state index contributed by atoms with van der Waals surface area (Å²) >= 11 is 0. The third-order valence-electron chi connectivity index (χ3n) is 4.76. The van der Waals surface area contributed by atoms with Crippen LogP contribution in [0.2, 0.25) is 0 Å². The molecule has 0 aliphatic heterocycles. The molecule has 0 aromatic heterocycles. The molecule has 0 spiro atoms. The monoisotopic (exact) mass is 604 g/mol. The Bertz CT molecular complexity index is 412. The summed E-state index contributed by atoms with van der Waals surface area (Å²) in [6.07, 6.45) is 0. The van der Waals surface area contributed by atoms with E-state index in [1.165, 1.54) is 0 Å². The van der Waals surface area contributed by atoms with E-state index >= 15 is 0 Å². The maximum Gasteiger partial charge on any atom is 0.0701 e. The fourth-order valence-corrected chi connectivity index (χ4v) is 2.73. The lowest BCUT2D eigenvalue weighted by molar-refractivity contribution is -0.0289. The molecule has 1 N–H and O–H groups in total. The van der Waals surface area contributed by atoms with Gasteiger partial charge in [0.15, 0.2) is 0 Å². The van der Waals surface area contributed by atoms with Crippen LogP contribution in [0.25, 0.3) is 0 Å². The molecule has 41 heavy (non-hydrogen) atoms. The van der Waals surface area contributed by atoms with Crippen molar-refractivity contribution in [3.8, 4) is 0 Å². The molecule has 0 radical (unpaired) electrons. The lowest BCUT2D eigenvalue weighted by Crippen LogP contribution is -2.15. The van der Waals surface area contributed by atoms with Crippen LogP contribution < -0.4 is 0 Å². The van der Waals surface area contributed by atoms with Gasteiger partial charge in [0.1, 0.15) is 0 Å². The molecule has 0 saturated carbocycles. The quantitative estimate of drug-likeness (QED) is 0.0932. The van der Waals surface area contributed by atoms with Crippen LogP contribution in [-0.4, -0.2) is 184 Å². The molecule has 0 saturated heterocycles. The van der Waals surface area contributed by atoms with Gasteiger partial charge < -0.3 is 66.7 Å². The van der Waals surface area contributed by atoms with Gasteiger partial charge in [-0.3, -0.25) is 0 Å². The van der Waals surface area contributed by atoms with E-state index in [9.17, 15) is 0 Å². The van der Waals surface area contributed by atoms with Gasteiger partial charge in [-0.2, -0.15) is 0 Å². The van der Waals surface area contributed by atoms with Crippen LogP contribution in [0.1, 0.15) is 0 Å². The van der Waals surface area contributed by atoms with Crippen molar-refractivity contribution in [2.24, 2.45) is 0 Å². The molecule has 0 atom stereocenters. The van der Waals surface area contributed by atoms with Crippen molar-refractivity contribution in [1.82, 2.24) is 0 Å². The number of methoxy groups -OCH3 is 1.